The van der Waals surface area contributed by atoms with Crippen LogP contribution in [0.25, 0.3) is 0 Å². The van der Waals surface area contributed by atoms with Crippen molar-refractivity contribution in [3.8, 4) is 0 Å². The Bertz CT molecular complexity index is 872. The third-order valence-electron chi connectivity index (χ3n) is 3.57. The zero-order chi connectivity index (χ0) is 20.2. The van der Waals surface area contributed by atoms with Crippen molar-refractivity contribution < 1.29 is 37.1 Å². The Kier molecular flexibility index (Phi) is 6.11. The molecule has 0 aliphatic carbocycles. The minimum Gasteiger partial charge on any atom is -0.459 e. The molecule has 0 aromatic heterocycles. The van der Waals surface area contributed by atoms with Crippen LogP contribution in [0.4, 0.5) is 0 Å². The van der Waals surface area contributed by atoms with Gasteiger partial charge in [0.15, 0.2) is 0 Å². The van der Waals surface area contributed by atoms with Gasteiger partial charge < -0.3 is 9.47 Å². The maximum absolute atomic E-state index is 12.4. The number of esters is 2. The van der Waals surface area contributed by atoms with Gasteiger partial charge in [-0.25, -0.2) is 18.0 Å². The molecule has 1 aromatic carbocycles. The van der Waals surface area contributed by atoms with Crippen molar-refractivity contribution in [2.75, 3.05) is 6.61 Å². The molecule has 1 heterocycles. The molecule has 2 amide bonds. The summed E-state index contributed by atoms with van der Waals surface area (Å²) in [7, 11) is -4.31. The summed E-state index contributed by atoms with van der Waals surface area (Å²) in [6.45, 7) is 4.58. The predicted molar refractivity (Wildman–Crippen MR) is 90.7 cm³/mol. The number of imide groups is 1. The molecule has 10 heteroatoms. The van der Waals surface area contributed by atoms with Crippen LogP contribution in [-0.4, -0.2) is 49.2 Å². The SMILES string of the molecule is C=CC(=O)OCC(C)OC(=O)c1ccc(S(=O)(=O)N2C(=O)CCC2=O)cc1. The summed E-state index contributed by atoms with van der Waals surface area (Å²) in [5, 5.41) is 0. The van der Waals surface area contributed by atoms with E-state index in [-0.39, 0.29) is 34.2 Å². The van der Waals surface area contributed by atoms with E-state index in [1.54, 1.807) is 0 Å². The maximum Gasteiger partial charge on any atom is 0.338 e. The Labute approximate surface area is 155 Å². The summed E-state index contributed by atoms with van der Waals surface area (Å²) in [4.78, 5) is 46.0. The molecule has 1 unspecified atom stereocenters. The van der Waals surface area contributed by atoms with Crippen LogP contribution in [0.1, 0.15) is 30.1 Å². The summed E-state index contributed by atoms with van der Waals surface area (Å²) in [5.74, 6) is -2.98. The number of carbonyl (C=O) groups is 4. The number of hydrogen-bond donors (Lipinski definition) is 0. The highest BCUT2D eigenvalue weighted by atomic mass is 32.2. The fourth-order valence-corrected chi connectivity index (χ4v) is 3.65. The van der Waals surface area contributed by atoms with E-state index in [0.717, 1.165) is 18.2 Å². The van der Waals surface area contributed by atoms with Gasteiger partial charge in [0.05, 0.1) is 10.5 Å². The van der Waals surface area contributed by atoms with E-state index in [1.165, 1.54) is 19.1 Å². The second-order valence-corrected chi connectivity index (χ2v) is 7.42. The van der Waals surface area contributed by atoms with E-state index in [2.05, 4.69) is 6.58 Å². The largest absolute Gasteiger partial charge is 0.459 e. The first-order chi connectivity index (χ1) is 12.7. The summed E-state index contributed by atoms with van der Waals surface area (Å²) < 4.78 is 34.9. The number of sulfonamides is 1. The third-order valence-corrected chi connectivity index (χ3v) is 5.33. The molecule has 1 saturated heterocycles. The van der Waals surface area contributed by atoms with Gasteiger partial charge in [-0.2, -0.15) is 4.31 Å². The highest BCUT2D eigenvalue weighted by molar-refractivity contribution is 7.90. The topological polar surface area (TPSA) is 124 Å². The minimum absolute atomic E-state index is 0.0509. The van der Waals surface area contributed by atoms with E-state index in [9.17, 15) is 27.6 Å². The number of ether oxygens (including phenoxy) is 2. The second-order valence-electron chi connectivity index (χ2n) is 5.63. The Balaban J connectivity index is 2.07. The Morgan fingerprint density at radius 3 is 2.26 bits per heavy atom. The lowest BCUT2D eigenvalue weighted by Gasteiger charge is -2.15. The average molecular weight is 395 g/mol. The molecular formula is C17H17NO8S. The molecule has 1 aliphatic rings. The number of hydrogen-bond acceptors (Lipinski definition) is 8. The molecule has 0 spiro atoms. The van der Waals surface area contributed by atoms with Crippen molar-refractivity contribution in [2.24, 2.45) is 0 Å². The lowest BCUT2D eigenvalue weighted by Crippen LogP contribution is -2.35. The smallest absolute Gasteiger partial charge is 0.338 e. The van der Waals surface area contributed by atoms with Crippen LogP contribution in [0.2, 0.25) is 0 Å². The van der Waals surface area contributed by atoms with E-state index in [0.29, 0.717) is 0 Å². The van der Waals surface area contributed by atoms with Crippen molar-refractivity contribution in [3.63, 3.8) is 0 Å². The highest BCUT2D eigenvalue weighted by Crippen LogP contribution is 2.23. The third kappa shape index (κ3) is 4.59. The molecule has 0 bridgehead atoms. The first kappa shape index (κ1) is 20.3. The summed E-state index contributed by atoms with van der Waals surface area (Å²) in [5.41, 5.74) is 0.0509. The molecule has 0 radical (unpaired) electrons. The van der Waals surface area contributed by atoms with E-state index >= 15 is 0 Å². The van der Waals surface area contributed by atoms with E-state index in [1.807, 2.05) is 0 Å². The van der Waals surface area contributed by atoms with Crippen LogP contribution >= 0.6 is 0 Å². The molecular weight excluding hydrogens is 378 g/mol. The van der Waals surface area contributed by atoms with Crippen LogP contribution in [0.15, 0.2) is 41.8 Å². The zero-order valence-corrected chi connectivity index (χ0v) is 15.2. The average Bonchev–Trinajstić information content (AvgIpc) is 2.98. The first-order valence-electron chi connectivity index (χ1n) is 7.88. The van der Waals surface area contributed by atoms with Gasteiger partial charge in [-0.15, -0.1) is 0 Å². The summed E-state index contributed by atoms with van der Waals surface area (Å²) >= 11 is 0. The molecule has 27 heavy (non-hydrogen) atoms. The normalized spacial score (nSPS) is 15.4. The lowest BCUT2D eigenvalue weighted by molar-refractivity contribution is -0.140. The Hall–Kier alpha value is -3.01. The van der Waals surface area contributed by atoms with Crippen molar-refractivity contribution in [1.29, 1.82) is 0 Å². The Morgan fingerprint density at radius 1 is 1.19 bits per heavy atom. The van der Waals surface area contributed by atoms with Gasteiger partial charge >= 0.3 is 11.9 Å². The molecule has 0 N–H and O–H groups in total. The van der Waals surface area contributed by atoms with Gasteiger partial charge in [0.1, 0.15) is 12.7 Å². The molecule has 2 rings (SSSR count). The molecule has 1 atom stereocenters. The van der Waals surface area contributed by atoms with Crippen molar-refractivity contribution >= 4 is 33.8 Å². The number of rotatable bonds is 7. The van der Waals surface area contributed by atoms with Crippen LogP contribution < -0.4 is 0 Å². The Morgan fingerprint density at radius 2 is 1.74 bits per heavy atom. The van der Waals surface area contributed by atoms with Gasteiger partial charge in [-0.05, 0) is 31.2 Å². The van der Waals surface area contributed by atoms with Crippen LogP contribution in [0.5, 0.6) is 0 Å². The molecule has 1 aromatic rings. The first-order valence-corrected chi connectivity index (χ1v) is 9.32. The quantitative estimate of drug-likeness (QED) is 0.377. The second kappa shape index (κ2) is 8.12. The summed E-state index contributed by atoms with van der Waals surface area (Å²) in [6, 6.07) is 4.60. The van der Waals surface area contributed by atoms with E-state index in [4.69, 9.17) is 9.47 Å². The minimum atomic E-state index is -4.31. The predicted octanol–water partition coefficient (Wildman–Crippen LogP) is 0.799. The number of carbonyl (C=O) groups excluding carboxylic acids is 4. The number of benzene rings is 1. The standard InChI is InChI=1S/C17H17NO8S/c1-3-16(21)25-10-11(2)26-17(22)12-4-6-13(7-5-12)27(23,24)18-14(19)8-9-15(18)20/h3-7,11H,1,8-10H2,2H3. The van der Waals surface area contributed by atoms with Crippen molar-refractivity contribution in [3.05, 3.63) is 42.5 Å². The summed E-state index contributed by atoms with van der Waals surface area (Å²) in [6.07, 6.45) is -0.0680. The molecule has 1 fully saturated rings. The molecule has 1 aliphatic heterocycles. The zero-order valence-electron chi connectivity index (χ0n) is 14.4. The number of amides is 2. The van der Waals surface area contributed by atoms with Gasteiger partial charge in [0, 0.05) is 18.9 Å². The molecule has 0 saturated carbocycles. The van der Waals surface area contributed by atoms with E-state index < -0.39 is 39.9 Å². The number of nitrogens with zero attached hydrogens (tertiary/aromatic N) is 1. The van der Waals surface area contributed by atoms with Gasteiger partial charge in [-0.3, -0.25) is 9.59 Å². The van der Waals surface area contributed by atoms with Crippen LogP contribution in [-0.2, 0) is 33.9 Å². The van der Waals surface area contributed by atoms with Crippen molar-refractivity contribution in [1.82, 2.24) is 4.31 Å². The fourth-order valence-electron chi connectivity index (χ4n) is 2.24. The fraction of sp³-hybridized carbons (Fsp3) is 0.294. The van der Waals surface area contributed by atoms with Gasteiger partial charge in [0.25, 0.3) is 10.0 Å². The lowest BCUT2D eigenvalue weighted by atomic mass is 10.2. The van der Waals surface area contributed by atoms with Crippen LogP contribution in [0.3, 0.4) is 0 Å². The van der Waals surface area contributed by atoms with Gasteiger partial charge in [0.2, 0.25) is 11.8 Å². The molecule has 144 valence electrons. The van der Waals surface area contributed by atoms with Crippen LogP contribution in [0, 0.1) is 0 Å². The van der Waals surface area contributed by atoms with Gasteiger partial charge in [-0.1, -0.05) is 6.58 Å². The highest BCUT2D eigenvalue weighted by Gasteiger charge is 2.39. The molecule has 9 nitrogen and oxygen atoms in total. The van der Waals surface area contributed by atoms with Crippen molar-refractivity contribution in [2.45, 2.75) is 30.8 Å². The maximum atomic E-state index is 12.4. The monoisotopic (exact) mass is 395 g/mol.